The highest BCUT2D eigenvalue weighted by molar-refractivity contribution is 7.92. The van der Waals surface area contributed by atoms with Gasteiger partial charge in [0.05, 0.1) is 16.1 Å². The van der Waals surface area contributed by atoms with Crippen molar-refractivity contribution in [1.29, 1.82) is 5.26 Å². The molecule has 0 aliphatic heterocycles. The number of esters is 1. The molecule has 0 unspecified atom stereocenters. The fourth-order valence-electron chi connectivity index (χ4n) is 2.07. The third-order valence-electron chi connectivity index (χ3n) is 3.61. The second-order valence-electron chi connectivity index (χ2n) is 5.51. The molecule has 2 rings (SSSR count). The largest absolute Gasteiger partial charge is 0.444 e. The Hall–Kier alpha value is -2.85. The molecule has 0 fully saturated rings. The minimum atomic E-state index is -3.69. The van der Waals surface area contributed by atoms with Crippen LogP contribution in [-0.2, 0) is 14.8 Å². The molecular formula is C18H18N2O4S. The van der Waals surface area contributed by atoms with Crippen LogP contribution in [0, 0.1) is 18.3 Å². The molecule has 0 bridgehead atoms. The van der Waals surface area contributed by atoms with Gasteiger partial charge >= 0.3 is 5.97 Å². The van der Waals surface area contributed by atoms with Crippen LogP contribution in [-0.4, -0.2) is 27.5 Å². The zero-order valence-electron chi connectivity index (χ0n) is 14.1. The Morgan fingerprint density at radius 1 is 1.12 bits per heavy atom. The summed E-state index contributed by atoms with van der Waals surface area (Å²) in [5, 5.41) is 8.66. The summed E-state index contributed by atoms with van der Waals surface area (Å²) < 4.78 is 31.3. The van der Waals surface area contributed by atoms with Crippen LogP contribution in [0.3, 0.4) is 0 Å². The fraction of sp³-hybridized carbons (Fsp3) is 0.222. The monoisotopic (exact) mass is 358 g/mol. The topological polar surface area (TPSA) is 87.5 Å². The molecule has 0 saturated heterocycles. The van der Waals surface area contributed by atoms with Crippen LogP contribution in [0.25, 0.3) is 0 Å². The molecule has 130 valence electrons. The molecule has 2 aromatic rings. The Bertz CT molecular complexity index is 898. The SMILES string of the molecule is Cc1ccc(S(=O)(=O)N(C)c2ccc(C(=O)O[C@@H](C)C#N)cc2)cc1. The van der Waals surface area contributed by atoms with Gasteiger partial charge in [0.15, 0.2) is 6.10 Å². The van der Waals surface area contributed by atoms with Crippen molar-refractivity contribution in [3.63, 3.8) is 0 Å². The molecule has 6 nitrogen and oxygen atoms in total. The Kier molecular flexibility index (Phi) is 5.45. The lowest BCUT2D eigenvalue weighted by molar-refractivity contribution is 0.0435. The summed E-state index contributed by atoms with van der Waals surface area (Å²) in [4.78, 5) is 12.0. The number of carbonyl (C=O) groups excluding carboxylic acids is 1. The van der Waals surface area contributed by atoms with Crippen LogP contribution >= 0.6 is 0 Å². The van der Waals surface area contributed by atoms with Crippen LogP contribution in [0.1, 0.15) is 22.8 Å². The summed E-state index contributed by atoms with van der Waals surface area (Å²) in [5.41, 5.74) is 1.62. The number of sulfonamides is 1. The van der Waals surface area contributed by atoms with Crippen LogP contribution in [0.4, 0.5) is 5.69 Å². The van der Waals surface area contributed by atoms with E-state index in [0.29, 0.717) is 5.69 Å². The smallest absolute Gasteiger partial charge is 0.339 e. The van der Waals surface area contributed by atoms with Gasteiger partial charge in [-0.25, -0.2) is 13.2 Å². The Balaban J connectivity index is 2.22. The van der Waals surface area contributed by atoms with E-state index in [2.05, 4.69) is 0 Å². The first-order valence-electron chi connectivity index (χ1n) is 7.52. The lowest BCUT2D eigenvalue weighted by atomic mass is 10.2. The summed E-state index contributed by atoms with van der Waals surface area (Å²) in [7, 11) is -2.25. The van der Waals surface area contributed by atoms with E-state index < -0.39 is 22.1 Å². The number of benzene rings is 2. The van der Waals surface area contributed by atoms with Gasteiger partial charge in [0.2, 0.25) is 0 Å². The molecule has 25 heavy (non-hydrogen) atoms. The number of ether oxygens (including phenoxy) is 1. The van der Waals surface area contributed by atoms with E-state index in [4.69, 9.17) is 10.00 Å². The third kappa shape index (κ3) is 4.17. The number of aryl methyl sites for hydroxylation is 1. The second-order valence-corrected chi connectivity index (χ2v) is 7.48. The Morgan fingerprint density at radius 2 is 1.68 bits per heavy atom. The molecule has 0 N–H and O–H groups in total. The van der Waals surface area contributed by atoms with Crippen molar-refractivity contribution in [1.82, 2.24) is 0 Å². The van der Waals surface area contributed by atoms with Crippen molar-refractivity contribution in [2.45, 2.75) is 24.8 Å². The van der Waals surface area contributed by atoms with Crippen molar-refractivity contribution < 1.29 is 17.9 Å². The van der Waals surface area contributed by atoms with Gasteiger partial charge in [0, 0.05) is 7.05 Å². The maximum Gasteiger partial charge on any atom is 0.339 e. The molecule has 0 saturated carbocycles. The number of rotatable bonds is 5. The molecule has 2 aromatic carbocycles. The number of hydrogen-bond acceptors (Lipinski definition) is 5. The van der Waals surface area contributed by atoms with E-state index in [1.54, 1.807) is 30.3 Å². The molecule has 0 amide bonds. The van der Waals surface area contributed by atoms with Crippen molar-refractivity contribution in [2.24, 2.45) is 0 Å². The van der Waals surface area contributed by atoms with Crippen molar-refractivity contribution in [2.75, 3.05) is 11.4 Å². The molecule has 0 spiro atoms. The van der Waals surface area contributed by atoms with E-state index in [9.17, 15) is 13.2 Å². The normalized spacial score (nSPS) is 12.1. The van der Waals surface area contributed by atoms with E-state index in [0.717, 1.165) is 9.87 Å². The maximum atomic E-state index is 12.6. The maximum absolute atomic E-state index is 12.6. The third-order valence-corrected chi connectivity index (χ3v) is 5.41. The highest BCUT2D eigenvalue weighted by Crippen LogP contribution is 2.23. The molecule has 0 aliphatic carbocycles. The molecule has 0 aliphatic rings. The average molecular weight is 358 g/mol. The first-order chi connectivity index (χ1) is 11.8. The highest BCUT2D eigenvalue weighted by atomic mass is 32.2. The van der Waals surface area contributed by atoms with Crippen LogP contribution in [0.2, 0.25) is 0 Å². The van der Waals surface area contributed by atoms with E-state index in [-0.39, 0.29) is 10.5 Å². The van der Waals surface area contributed by atoms with Gasteiger partial charge in [-0.05, 0) is 50.2 Å². The average Bonchev–Trinajstić information content (AvgIpc) is 2.61. The summed E-state index contributed by atoms with van der Waals surface area (Å²) in [6.07, 6.45) is -0.850. The van der Waals surface area contributed by atoms with E-state index in [1.165, 1.54) is 38.2 Å². The van der Waals surface area contributed by atoms with E-state index >= 15 is 0 Å². The van der Waals surface area contributed by atoms with Crippen LogP contribution in [0.5, 0.6) is 0 Å². The first-order valence-corrected chi connectivity index (χ1v) is 8.96. The van der Waals surface area contributed by atoms with E-state index in [1.807, 2.05) is 6.92 Å². The van der Waals surface area contributed by atoms with Gasteiger partial charge in [-0.1, -0.05) is 17.7 Å². The summed E-state index contributed by atoms with van der Waals surface area (Å²) in [6, 6.07) is 14.3. The fourth-order valence-corrected chi connectivity index (χ4v) is 3.27. The summed E-state index contributed by atoms with van der Waals surface area (Å²) >= 11 is 0. The summed E-state index contributed by atoms with van der Waals surface area (Å²) in [5.74, 6) is -0.635. The van der Waals surface area contributed by atoms with Crippen molar-refractivity contribution in [3.05, 3.63) is 59.7 Å². The Labute approximate surface area is 147 Å². The zero-order valence-corrected chi connectivity index (χ0v) is 14.9. The number of nitrogens with zero attached hydrogens (tertiary/aromatic N) is 2. The number of hydrogen-bond donors (Lipinski definition) is 0. The van der Waals surface area contributed by atoms with Crippen molar-refractivity contribution >= 4 is 21.7 Å². The summed E-state index contributed by atoms with van der Waals surface area (Å²) in [6.45, 7) is 3.35. The zero-order chi connectivity index (χ0) is 18.6. The van der Waals surface area contributed by atoms with Crippen LogP contribution < -0.4 is 4.31 Å². The molecule has 0 heterocycles. The Morgan fingerprint density at radius 3 is 2.20 bits per heavy atom. The lowest BCUT2D eigenvalue weighted by Crippen LogP contribution is -2.26. The lowest BCUT2D eigenvalue weighted by Gasteiger charge is -2.20. The molecule has 0 aromatic heterocycles. The predicted octanol–water partition coefficient (Wildman–Crippen LogP) is 2.89. The quantitative estimate of drug-likeness (QED) is 0.767. The van der Waals surface area contributed by atoms with Gasteiger partial charge in [0.25, 0.3) is 10.0 Å². The number of anilines is 1. The predicted molar refractivity (Wildman–Crippen MR) is 93.7 cm³/mol. The molecule has 0 radical (unpaired) electrons. The van der Waals surface area contributed by atoms with Gasteiger partial charge < -0.3 is 4.74 Å². The number of nitriles is 1. The first kappa shape index (κ1) is 18.5. The second kappa shape index (κ2) is 7.36. The van der Waals surface area contributed by atoms with Crippen LogP contribution in [0.15, 0.2) is 53.4 Å². The molecule has 7 heteroatoms. The standard InChI is InChI=1S/C18H18N2O4S/c1-13-4-10-17(11-5-13)25(22,23)20(3)16-8-6-15(7-9-16)18(21)24-14(2)12-19/h4-11,14H,1-3H3/t14-/m0/s1. The van der Waals surface area contributed by atoms with Gasteiger partial charge in [0.1, 0.15) is 6.07 Å². The van der Waals surface area contributed by atoms with Gasteiger partial charge in [-0.3, -0.25) is 4.31 Å². The highest BCUT2D eigenvalue weighted by Gasteiger charge is 2.21. The van der Waals surface area contributed by atoms with Gasteiger partial charge in [-0.2, -0.15) is 5.26 Å². The number of carbonyl (C=O) groups is 1. The molecule has 1 atom stereocenters. The van der Waals surface area contributed by atoms with Crippen molar-refractivity contribution in [3.8, 4) is 6.07 Å². The molecular weight excluding hydrogens is 340 g/mol. The minimum Gasteiger partial charge on any atom is -0.444 e. The van der Waals surface area contributed by atoms with Gasteiger partial charge in [-0.15, -0.1) is 0 Å². The minimum absolute atomic E-state index is 0.187.